The summed E-state index contributed by atoms with van der Waals surface area (Å²) in [5, 5.41) is 0. The van der Waals surface area contributed by atoms with Crippen LogP contribution in [0.3, 0.4) is 0 Å². The Morgan fingerprint density at radius 1 is 1.40 bits per heavy atom. The fourth-order valence-corrected chi connectivity index (χ4v) is 1.15. The zero-order chi connectivity index (χ0) is 11.4. The Kier molecular flexibility index (Phi) is 3.72. The number of allylic oxidation sites excluding steroid dienone is 1. The first-order valence-corrected chi connectivity index (χ1v) is 4.71. The fourth-order valence-electron chi connectivity index (χ4n) is 1.15. The maximum absolute atomic E-state index is 13.1. The summed E-state index contributed by atoms with van der Waals surface area (Å²) in [4.78, 5) is 11.0. The van der Waals surface area contributed by atoms with Crippen LogP contribution < -0.4 is 0 Å². The number of halogens is 2. The molecule has 1 aromatic carbocycles. The van der Waals surface area contributed by atoms with Crippen molar-refractivity contribution in [2.45, 2.75) is 20.3 Å². The average Bonchev–Trinajstić information content (AvgIpc) is 2.24. The number of carbonyl (C=O) groups is 1. The van der Waals surface area contributed by atoms with Crippen LogP contribution in [0.25, 0.3) is 6.08 Å². The van der Waals surface area contributed by atoms with E-state index in [9.17, 15) is 13.6 Å². The topological polar surface area (TPSA) is 17.1 Å². The van der Waals surface area contributed by atoms with Gasteiger partial charge in [-0.3, -0.25) is 4.79 Å². The standard InChI is InChI=1S/C12H12F2O/c1-3-10(15)6-4-9-5-7-11(13)12(14)8(9)2/h4-7H,3H2,1-2H3/b6-4+. The molecule has 3 heteroatoms. The molecule has 0 aromatic heterocycles. The van der Waals surface area contributed by atoms with Crippen molar-refractivity contribution in [3.05, 3.63) is 41.0 Å². The second kappa shape index (κ2) is 4.82. The van der Waals surface area contributed by atoms with Crippen LogP contribution in [0.4, 0.5) is 8.78 Å². The van der Waals surface area contributed by atoms with Crippen LogP contribution in [-0.4, -0.2) is 5.78 Å². The molecular formula is C12H12F2O. The third kappa shape index (κ3) is 2.72. The molecule has 0 saturated heterocycles. The van der Waals surface area contributed by atoms with Gasteiger partial charge < -0.3 is 0 Å². The molecule has 0 aliphatic carbocycles. The summed E-state index contributed by atoms with van der Waals surface area (Å²) in [6.07, 6.45) is 3.28. The van der Waals surface area contributed by atoms with Gasteiger partial charge in [-0.2, -0.15) is 0 Å². The molecule has 0 aliphatic rings. The van der Waals surface area contributed by atoms with Crippen LogP contribution in [0.1, 0.15) is 24.5 Å². The van der Waals surface area contributed by atoms with Crippen molar-refractivity contribution in [2.75, 3.05) is 0 Å². The Labute approximate surface area is 87.4 Å². The molecule has 15 heavy (non-hydrogen) atoms. The lowest BCUT2D eigenvalue weighted by Gasteiger charge is -2.02. The smallest absolute Gasteiger partial charge is 0.162 e. The van der Waals surface area contributed by atoms with E-state index in [0.717, 1.165) is 6.07 Å². The molecule has 0 fully saturated rings. The number of rotatable bonds is 3. The minimum atomic E-state index is -0.869. The zero-order valence-corrected chi connectivity index (χ0v) is 8.68. The Morgan fingerprint density at radius 2 is 2.07 bits per heavy atom. The second-order valence-electron chi connectivity index (χ2n) is 3.23. The predicted molar refractivity (Wildman–Crippen MR) is 55.4 cm³/mol. The van der Waals surface area contributed by atoms with Gasteiger partial charge in [0.2, 0.25) is 0 Å². The normalized spacial score (nSPS) is 10.9. The summed E-state index contributed by atoms with van der Waals surface area (Å²) in [6.45, 7) is 3.22. The summed E-state index contributed by atoms with van der Waals surface area (Å²) in [6, 6.07) is 2.51. The second-order valence-corrected chi connectivity index (χ2v) is 3.23. The highest BCUT2D eigenvalue weighted by molar-refractivity contribution is 5.93. The van der Waals surface area contributed by atoms with Crippen LogP contribution in [0, 0.1) is 18.6 Å². The molecule has 1 nitrogen and oxygen atoms in total. The summed E-state index contributed by atoms with van der Waals surface area (Å²) >= 11 is 0. The quantitative estimate of drug-likeness (QED) is 0.700. The molecule has 0 aliphatic heterocycles. The minimum absolute atomic E-state index is 0.0425. The number of benzene rings is 1. The van der Waals surface area contributed by atoms with Gasteiger partial charge in [0.1, 0.15) is 0 Å². The molecule has 0 saturated carbocycles. The van der Waals surface area contributed by atoms with E-state index < -0.39 is 11.6 Å². The monoisotopic (exact) mass is 210 g/mol. The van der Waals surface area contributed by atoms with Crippen molar-refractivity contribution in [1.29, 1.82) is 0 Å². The zero-order valence-electron chi connectivity index (χ0n) is 8.68. The molecule has 0 spiro atoms. The van der Waals surface area contributed by atoms with Crippen LogP contribution in [0.2, 0.25) is 0 Å². The van der Waals surface area contributed by atoms with Crippen molar-refractivity contribution < 1.29 is 13.6 Å². The summed E-state index contributed by atoms with van der Waals surface area (Å²) in [5.74, 6) is -1.77. The van der Waals surface area contributed by atoms with E-state index in [1.165, 1.54) is 25.1 Å². The highest BCUT2D eigenvalue weighted by Crippen LogP contribution is 2.17. The predicted octanol–water partition coefficient (Wildman–Crippen LogP) is 3.27. The molecule has 0 N–H and O–H groups in total. The van der Waals surface area contributed by atoms with Gasteiger partial charge in [0, 0.05) is 6.42 Å². The van der Waals surface area contributed by atoms with Gasteiger partial charge in [-0.15, -0.1) is 0 Å². The maximum Gasteiger partial charge on any atom is 0.162 e. The maximum atomic E-state index is 13.1. The van der Waals surface area contributed by atoms with E-state index in [4.69, 9.17) is 0 Å². The Balaban J connectivity index is 3.02. The molecule has 1 aromatic rings. The lowest BCUT2D eigenvalue weighted by atomic mass is 10.1. The number of hydrogen-bond acceptors (Lipinski definition) is 1. The van der Waals surface area contributed by atoms with Crippen LogP contribution in [-0.2, 0) is 4.79 Å². The van der Waals surface area contributed by atoms with Gasteiger partial charge in [-0.1, -0.05) is 19.1 Å². The minimum Gasteiger partial charge on any atom is -0.295 e. The average molecular weight is 210 g/mol. The lowest BCUT2D eigenvalue weighted by molar-refractivity contribution is -0.114. The van der Waals surface area contributed by atoms with Gasteiger partial charge in [-0.05, 0) is 30.2 Å². The van der Waals surface area contributed by atoms with Crippen molar-refractivity contribution in [3.63, 3.8) is 0 Å². The van der Waals surface area contributed by atoms with Crippen LogP contribution in [0.15, 0.2) is 18.2 Å². The number of carbonyl (C=O) groups excluding carboxylic acids is 1. The van der Waals surface area contributed by atoms with Crippen molar-refractivity contribution in [3.8, 4) is 0 Å². The van der Waals surface area contributed by atoms with E-state index in [1.54, 1.807) is 6.92 Å². The van der Waals surface area contributed by atoms with E-state index >= 15 is 0 Å². The van der Waals surface area contributed by atoms with Gasteiger partial charge in [0.15, 0.2) is 17.4 Å². The molecule has 0 radical (unpaired) electrons. The van der Waals surface area contributed by atoms with Gasteiger partial charge in [0.25, 0.3) is 0 Å². The molecule has 0 unspecified atom stereocenters. The van der Waals surface area contributed by atoms with E-state index in [-0.39, 0.29) is 11.3 Å². The van der Waals surface area contributed by atoms with Crippen LogP contribution >= 0.6 is 0 Å². The largest absolute Gasteiger partial charge is 0.295 e. The highest BCUT2D eigenvalue weighted by atomic mass is 19.2. The Hall–Kier alpha value is -1.51. The fraction of sp³-hybridized carbons (Fsp3) is 0.250. The highest BCUT2D eigenvalue weighted by Gasteiger charge is 2.07. The molecule has 0 heterocycles. The lowest BCUT2D eigenvalue weighted by Crippen LogP contribution is -1.93. The van der Waals surface area contributed by atoms with Crippen molar-refractivity contribution in [1.82, 2.24) is 0 Å². The van der Waals surface area contributed by atoms with E-state index in [0.29, 0.717) is 12.0 Å². The third-order valence-corrected chi connectivity index (χ3v) is 2.18. The number of hydrogen-bond donors (Lipinski definition) is 0. The summed E-state index contributed by atoms with van der Waals surface area (Å²) in [5.41, 5.74) is 0.742. The molecule has 80 valence electrons. The summed E-state index contributed by atoms with van der Waals surface area (Å²) in [7, 11) is 0. The summed E-state index contributed by atoms with van der Waals surface area (Å²) < 4.78 is 25.9. The molecule has 1 rings (SSSR count). The first-order valence-electron chi connectivity index (χ1n) is 4.71. The van der Waals surface area contributed by atoms with Gasteiger partial charge >= 0.3 is 0 Å². The van der Waals surface area contributed by atoms with Gasteiger partial charge in [-0.25, -0.2) is 8.78 Å². The first kappa shape index (κ1) is 11.6. The molecule has 0 bridgehead atoms. The first-order chi connectivity index (χ1) is 7.06. The Bertz CT molecular complexity index is 408. The van der Waals surface area contributed by atoms with E-state index in [2.05, 4.69) is 0 Å². The van der Waals surface area contributed by atoms with Crippen molar-refractivity contribution >= 4 is 11.9 Å². The molecule has 0 atom stereocenters. The molecular weight excluding hydrogens is 198 g/mol. The SMILES string of the molecule is CCC(=O)/C=C/c1ccc(F)c(F)c1C. The Morgan fingerprint density at radius 3 is 2.67 bits per heavy atom. The number of ketones is 1. The molecule has 0 amide bonds. The van der Waals surface area contributed by atoms with Crippen molar-refractivity contribution in [2.24, 2.45) is 0 Å². The van der Waals surface area contributed by atoms with Gasteiger partial charge in [0.05, 0.1) is 0 Å². The third-order valence-electron chi connectivity index (χ3n) is 2.18. The van der Waals surface area contributed by atoms with E-state index in [1.807, 2.05) is 0 Å². The van der Waals surface area contributed by atoms with Crippen LogP contribution in [0.5, 0.6) is 0 Å².